The van der Waals surface area contributed by atoms with Crippen LogP contribution in [0, 0.1) is 0 Å². The van der Waals surface area contributed by atoms with E-state index in [1.54, 1.807) is 29.2 Å². The molecule has 20 heavy (non-hydrogen) atoms. The van der Waals surface area contributed by atoms with Crippen LogP contribution in [-0.2, 0) is 9.53 Å². The number of aliphatic hydroxyl groups is 1. The van der Waals surface area contributed by atoms with Crippen molar-refractivity contribution in [1.29, 1.82) is 0 Å². The molecule has 1 aromatic rings. The molecule has 0 saturated carbocycles. The van der Waals surface area contributed by atoms with Gasteiger partial charge in [-0.1, -0.05) is 0 Å². The maximum Gasteiger partial charge on any atom is 0.226 e. The summed E-state index contributed by atoms with van der Waals surface area (Å²) in [5.41, 5.74) is 6.25. The number of carbonyl (C=O) groups is 1. The monoisotopic (exact) mass is 280 g/mol. The lowest BCUT2D eigenvalue weighted by Crippen LogP contribution is -2.50. The zero-order valence-corrected chi connectivity index (χ0v) is 11.3. The number of amides is 1. The molecule has 6 nitrogen and oxygen atoms in total. The average Bonchev–Trinajstić information content (AvgIpc) is 2.49. The summed E-state index contributed by atoms with van der Waals surface area (Å²) in [5.74, 6) is 0.662. The minimum absolute atomic E-state index is 0.0252. The van der Waals surface area contributed by atoms with Crippen molar-refractivity contribution < 1.29 is 19.4 Å². The number of anilines is 1. The van der Waals surface area contributed by atoms with Crippen molar-refractivity contribution in [2.24, 2.45) is 0 Å². The molecule has 1 saturated heterocycles. The number of aliphatic hydroxyl groups excluding tert-OH is 1. The molecule has 0 aromatic heterocycles. The molecule has 0 spiro atoms. The van der Waals surface area contributed by atoms with Gasteiger partial charge in [0.2, 0.25) is 5.91 Å². The van der Waals surface area contributed by atoms with Gasteiger partial charge in [-0.2, -0.15) is 0 Å². The summed E-state index contributed by atoms with van der Waals surface area (Å²) in [6, 6.07) is 6.80. The number of hydrogen-bond acceptors (Lipinski definition) is 5. The number of hydrogen-bond donors (Lipinski definition) is 2. The lowest BCUT2D eigenvalue weighted by atomic mass is 10.2. The summed E-state index contributed by atoms with van der Waals surface area (Å²) in [6.07, 6.45) is 0.279. The Morgan fingerprint density at radius 2 is 2.20 bits per heavy atom. The van der Waals surface area contributed by atoms with Gasteiger partial charge >= 0.3 is 0 Å². The van der Waals surface area contributed by atoms with Crippen molar-refractivity contribution >= 4 is 11.6 Å². The molecule has 1 aromatic carbocycles. The van der Waals surface area contributed by atoms with Gasteiger partial charge in [-0.05, 0) is 24.3 Å². The van der Waals surface area contributed by atoms with Crippen LogP contribution in [-0.4, -0.2) is 54.9 Å². The number of nitrogens with zero attached hydrogens (tertiary/aromatic N) is 1. The molecule has 1 aliphatic rings. The predicted octanol–water partition coefficient (Wildman–Crippen LogP) is 0.257. The number of benzene rings is 1. The van der Waals surface area contributed by atoms with E-state index in [1.165, 1.54) is 0 Å². The topological polar surface area (TPSA) is 85.0 Å². The molecule has 0 radical (unpaired) electrons. The highest BCUT2D eigenvalue weighted by molar-refractivity contribution is 5.76. The van der Waals surface area contributed by atoms with E-state index in [0.717, 1.165) is 0 Å². The smallest absolute Gasteiger partial charge is 0.226 e. The van der Waals surface area contributed by atoms with Gasteiger partial charge in [-0.15, -0.1) is 0 Å². The van der Waals surface area contributed by atoms with Gasteiger partial charge in [0.15, 0.2) is 0 Å². The van der Waals surface area contributed by atoms with Crippen LogP contribution < -0.4 is 10.5 Å². The van der Waals surface area contributed by atoms with Crippen LogP contribution in [0.15, 0.2) is 24.3 Å². The second-order valence-electron chi connectivity index (χ2n) is 4.67. The molecule has 1 aliphatic heterocycles. The number of rotatable bonds is 5. The number of carbonyl (C=O) groups excluding carboxylic acids is 1. The Balaban J connectivity index is 1.78. The molecule has 1 unspecified atom stereocenters. The molecule has 3 N–H and O–H groups in total. The standard InChI is InChI=1S/C14H20N2O4/c15-11-1-3-13(4-2-11)20-7-5-14(18)16-6-8-19-10-12(16)9-17/h1-4,12,17H,5-10,15H2. The van der Waals surface area contributed by atoms with E-state index in [4.69, 9.17) is 15.2 Å². The van der Waals surface area contributed by atoms with Crippen LogP contribution in [0.25, 0.3) is 0 Å². The third kappa shape index (κ3) is 3.85. The summed E-state index contributed by atoms with van der Waals surface area (Å²) in [5, 5.41) is 9.22. The fraction of sp³-hybridized carbons (Fsp3) is 0.500. The summed E-state index contributed by atoms with van der Waals surface area (Å²) < 4.78 is 10.7. The Bertz CT molecular complexity index is 435. The van der Waals surface area contributed by atoms with E-state index in [0.29, 0.717) is 37.8 Å². The lowest BCUT2D eigenvalue weighted by Gasteiger charge is -2.34. The van der Waals surface area contributed by atoms with Crippen molar-refractivity contribution in [3.8, 4) is 5.75 Å². The van der Waals surface area contributed by atoms with Gasteiger partial charge in [-0.25, -0.2) is 0 Å². The summed E-state index contributed by atoms with van der Waals surface area (Å²) in [7, 11) is 0. The van der Waals surface area contributed by atoms with Gasteiger partial charge in [0.05, 0.1) is 38.9 Å². The SMILES string of the molecule is Nc1ccc(OCCC(=O)N2CCOCC2CO)cc1. The van der Waals surface area contributed by atoms with E-state index < -0.39 is 0 Å². The van der Waals surface area contributed by atoms with Gasteiger partial charge in [-0.3, -0.25) is 4.79 Å². The molecule has 6 heteroatoms. The largest absolute Gasteiger partial charge is 0.493 e. The lowest BCUT2D eigenvalue weighted by molar-refractivity contribution is -0.142. The van der Waals surface area contributed by atoms with E-state index in [1.807, 2.05) is 0 Å². The van der Waals surface area contributed by atoms with Crippen molar-refractivity contribution in [1.82, 2.24) is 4.90 Å². The Hall–Kier alpha value is -1.79. The van der Waals surface area contributed by atoms with Gasteiger partial charge < -0.3 is 25.2 Å². The second-order valence-corrected chi connectivity index (χ2v) is 4.67. The molecule has 1 atom stereocenters. The zero-order valence-electron chi connectivity index (χ0n) is 11.3. The summed E-state index contributed by atoms with van der Waals surface area (Å²) in [6.45, 7) is 1.65. The molecule has 1 fully saturated rings. The minimum atomic E-state index is -0.243. The van der Waals surface area contributed by atoms with Crippen molar-refractivity contribution in [3.05, 3.63) is 24.3 Å². The average molecular weight is 280 g/mol. The van der Waals surface area contributed by atoms with Crippen molar-refractivity contribution in [2.45, 2.75) is 12.5 Å². The Kier molecular flexibility index (Phi) is 5.20. The van der Waals surface area contributed by atoms with Crippen LogP contribution in [0.5, 0.6) is 5.75 Å². The molecule has 1 amide bonds. The first kappa shape index (κ1) is 14.6. The van der Waals surface area contributed by atoms with E-state index in [9.17, 15) is 9.90 Å². The molecular weight excluding hydrogens is 260 g/mol. The van der Waals surface area contributed by atoms with Gasteiger partial charge in [0.25, 0.3) is 0 Å². The normalized spacial score (nSPS) is 18.9. The molecule has 2 rings (SSSR count). The fourth-order valence-corrected chi connectivity index (χ4v) is 2.10. The highest BCUT2D eigenvalue weighted by Gasteiger charge is 2.26. The van der Waals surface area contributed by atoms with Crippen LogP contribution in [0.1, 0.15) is 6.42 Å². The molecule has 0 bridgehead atoms. The minimum Gasteiger partial charge on any atom is -0.493 e. The molecule has 0 aliphatic carbocycles. The van der Waals surface area contributed by atoms with Crippen LogP contribution in [0.4, 0.5) is 5.69 Å². The first-order valence-corrected chi connectivity index (χ1v) is 6.67. The maximum atomic E-state index is 12.1. The number of nitrogens with two attached hydrogens (primary N) is 1. The van der Waals surface area contributed by atoms with Crippen LogP contribution >= 0.6 is 0 Å². The third-order valence-corrected chi connectivity index (χ3v) is 3.22. The Labute approximate surface area is 118 Å². The quantitative estimate of drug-likeness (QED) is 0.756. The van der Waals surface area contributed by atoms with Gasteiger partial charge in [0.1, 0.15) is 5.75 Å². The second kappa shape index (κ2) is 7.12. The summed E-state index contributed by atoms with van der Waals surface area (Å²) in [4.78, 5) is 13.7. The van der Waals surface area contributed by atoms with E-state index in [2.05, 4.69) is 0 Å². The Morgan fingerprint density at radius 3 is 2.90 bits per heavy atom. The van der Waals surface area contributed by atoms with Crippen molar-refractivity contribution in [2.75, 3.05) is 38.7 Å². The van der Waals surface area contributed by atoms with Crippen molar-refractivity contribution in [3.63, 3.8) is 0 Å². The van der Waals surface area contributed by atoms with Crippen LogP contribution in [0.2, 0.25) is 0 Å². The van der Waals surface area contributed by atoms with Crippen LogP contribution in [0.3, 0.4) is 0 Å². The van der Waals surface area contributed by atoms with E-state index >= 15 is 0 Å². The molecule has 1 heterocycles. The Morgan fingerprint density at radius 1 is 1.45 bits per heavy atom. The maximum absolute atomic E-state index is 12.1. The van der Waals surface area contributed by atoms with E-state index in [-0.39, 0.29) is 25.0 Å². The third-order valence-electron chi connectivity index (χ3n) is 3.22. The highest BCUT2D eigenvalue weighted by atomic mass is 16.5. The number of ether oxygens (including phenoxy) is 2. The van der Waals surface area contributed by atoms with Gasteiger partial charge in [0, 0.05) is 12.2 Å². The number of morpholine rings is 1. The highest BCUT2D eigenvalue weighted by Crippen LogP contribution is 2.14. The fourth-order valence-electron chi connectivity index (χ4n) is 2.10. The predicted molar refractivity (Wildman–Crippen MR) is 74.4 cm³/mol. The molecular formula is C14H20N2O4. The first-order valence-electron chi connectivity index (χ1n) is 6.67. The first-order chi connectivity index (χ1) is 9.70. The zero-order chi connectivity index (χ0) is 14.4. The number of nitrogen functional groups attached to an aromatic ring is 1. The molecule has 110 valence electrons. The summed E-state index contributed by atoms with van der Waals surface area (Å²) >= 11 is 0.